The maximum atomic E-state index is 5.52. The zero-order valence-corrected chi connectivity index (χ0v) is 12.5. The van der Waals surface area contributed by atoms with Crippen LogP contribution in [0.4, 0.5) is 0 Å². The minimum Gasteiger partial charge on any atom is -0.337 e. The number of benzene rings is 2. The van der Waals surface area contributed by atoms with Gasteiger partial charge in [0.05, 0.1) is 6.33 Å². The molecule has 3 rings (SSSR count). The van der Waals surface area contributed by atoms with Crippen molar-refractivity contribution >= 4 is 17.1 Å². The highest BCUT2D eigenvalue weighted by Crippen LogP contribution is 2.20. The molecule has 0 aliphatic carbocycles. The van der Waals surface area contributed by atoms with E-state index in [0.717, 1.165) is 23.4 Å². The molecular formula is C18H16N2S. The lowest BCUT2D eigenvalue weighted by Crippen LogP contribution is -2.03. The van der Waals surface area contributed by atoms with Gasteiger partial charge in [-0.25, -0.2) is 4.98 Å². The van der Waals surface area contributed by atoms with Gasteiger partial charge in [-0.05, 0) is 16.7 Å². The second-order valence-corrected chi connectivity index (χ2v) is 5.41. The van der Waals surface area contributed by atoms with E-state index >= 15 is 0 Å². The first kappa shape index (κ1) is 13.7. The van der Waals surface area contributed by atoms with Crippen LogP contribution in [0.5, 0.6) is 0 Å². The van der Waals surface area contributed by atoms with E-state index < -0.39 is 0 Å². The Hall–Kier alpha value is -2.26. The average Bonchev–Trinajstić information content (AvgIpc) is 3.07. The number of aromatic nitrogens is 2. The van der Waals surface area contributed by atoms with Crippen LogP contribution in [-0.2, 0) is 6.54 Å². The highest BCUT2D eigenvalue weighted by molar-refractivity contribution is 7.80. The summed E-state index contributed by atoms with van der Waals surface area (Å²) in [5, 5.41) is 0. The number of imidazole rings is 1. The van der Waals surface area contributed by atoms with Crippen molar-refractivity contribution in [3.8, 4) is 11.1 Å². The van der Waals surface area contributed by atoms with Crippen LogP contribution in [0.3, 0.4) is 0 Å². The number of hydrogen-bond donors (Lipinski definition) is 0. The van der Waals surface area contributed by atoms with Crippen LogP contribution in [0.25, 0.3) is 11.1 Å². The summed E-state index contributed by atoms with van der Waals surface area (Å²) in [7, 11) is 0. The maximum Gasteiger partial charge on any atom is 0.0946 e. The molecule has 0 aliphatic rings. The lowest BCUT2D eigenvalue weighted by molar-refractivity contribution is 0.728. The SMILES string of the molecule is S=C(CCn1ccnc1)c1ccc(-c2ccccc2)cc1. The fraction of sp³-hybridized carbons (Fsp3) is 0.111. The molecule has 0 saturated heterocycles. The van der Waals surface area contributed by atoms with Gasteiger partial charge in [-0.15, -0.1) is 0 Å². The molecule has 0 saturated carbocycles. The Labute approximate surface area is 130 Å². The van der Waals surface area contributed by atoms with Gasteiger partial charge in [0, 0.05) is 30.2 Å². The van der Waals surface area contributed by atoms with Crippen molar-refractivity contribution in [2.45, 2.75) is 13.0 Å². The third kappa shape index (κ3) is 3.44. The molecule has 3 aromatic rings. The molecule has 0 unspecified atom stereocenters. The summed E-state index contributed by atoms with van der Waals surface area (Å²) in [5.74, 6) is 0. The van der Waals surface area contributed by atoms with E-state index in [9.17, 15) is 0 Å². The van der Waals surface area contributed by atoms with E-state index in [1.165, 1.54) is 11.1 Å². The smallest absolute Gasteiger partial charge is 0.0946 e. The highest BCUT2D eigenvalue weighted by Gasteiger charge is 2.03. The van der Waals surface area contributed by atoms with E-state index in [0.29, 0.717) is 0 Å². The first-order valence-corrected chi connectivity index (χ1v) is 7.38. The molecule has 0 aliphatic heterocycles. The van der Waals surface area contributed by atoms with Crippen molar-refractivity contribution in [3.63, 3.8) is 0 Å². The Bertz CT molecular complexity index is 701. The summed E-state index contributed by atoms with van der Waals surface area (Å²) in [6, 6.07) is 18.9. The Balaban J connectivity index is 1.67. The Morgan fingerprint density at radius 1 is 0.952 bits per heavy atom. The predicted molar refractivity (Wildman–Crippen MR) is 90.4 cm³/mol. The molecule has 0 N–H and O–H groups in total. The predicted octanol–water partition coefficient (Wildman–Crippen LogP) is 4.36. The summed E-state index contributed by atoms with van der Waals surface area (Å²) >= 11 is 5.52. The Morgan fingerprint density at radius 3 is 2.33 bits per heavy atom. The first-order chi connectivity index (χ1) is 10.3. The topological polar surface area (TPSA) is 17.8 Å². The first-order valence-electron chi connectivity index (χ1n) is 6.97. The monoisotopic (exact) mass is 292 g/mol. The van der Waals surface area contributed by atoms with Crippen molar-refractivity contribution < 1.29 is 0 Å². The number of hydrogen-bond acceptors (Lipinski definition) is 2. The standard InChI is InChI=1S/C18H16N2S/c21-18(10-12-20-13-11-19-14-20)17-8-6-16(7-9-17)15-4-2-1-3-5-15/h1-9,11,13-14H,10,12H2. The van der Waals surface area contributed by atoms with Crippen LogP contribution in [0.15, 0.2) is 73.3 Å². The van der Waals surface area contributed by atoms with Gasteiger partial charge in [-0.3, -0.25) is 0 Å². The van der Waals surface area contributed by atoms with Crippen molar-refractivity contribution in [1.82, 2.24) is 9.55 Å². The zero-order valence-electron chi connectivity index (χ0n) is 11.6. The number of thiocarbonyl (C=S) groups is 1. The minimum absolute atomic E-state index is 0.858. The fourth-order valence-electron chi connectivity index (χ4n) is 2.27. The summed E-state index contributed by atoms with van der Waals surface area (Å²) in [5.41, 5.74) is 3.58. The molecular weight excluding hydrogens is 276 g/mol. The summed E-state index contributed by atoms with van der Waals surface area (Å²) in [6.07, 6.45) is 6.43. The third-order valence-electron chi connectivity index (χ3n) is 3.47. The number of rotatable bonds is 5. The normalized spacial score (nSPS) is 10.5. The lowest BCUT2D eigenvalue weighted by Gasteiger charge is -2.07. The molecule has 0 fully saturated rings. The number of nitrogens with zero attached hydrogens (tertiary/aromatic N) is 2. The van der Waals surface area contributed by atoms with Gasteiger partial charge < -0.3 is 4.57 Å². The van der Waals surface area contributed by atoms with E-state index in [1.54, 1.807) is 6.20 Å². The van der Waals surface area contributed by atoms with Gasteiger partial charge in [0.2, 0.25) is 0 Å². The van der Waals surface area contributed by atoms with Gasteiger partial charge in [0.25, 0.3) is 0 Å². The van der Waals surface area contributed by atoms with Gasteiger partial charge in [-0.2, -0.15) is 0 Å². The fourth-order valence-corrected chi connectivity index (χ4v) is 2.50. The molecule has 0 spiro atoms. The molecule has 3 heteroatoms. The van der Waals surface area contributed by atoms with E-state index in [2.05, 4.69) is 53.5 Å². The molecule has 1 heterocycles. The average molecular weight is 292 g/mol. The van der Waals surface area contributed by atoms with Crippen molar-refractivity contribution in [2.24, 2.45) is 0 Å². The van der Waals surface area contributed by atoms with Gasteiger partial charge in [-0.1, -0.05) is 66.8 Å². The zero-order chi connectivity index (χ0) is 14.5. The molecule has 1 aromatic heterocycles. The molecule has 0 atom stereocenters. The van der Waals surface area contributed by atoms with Crippen molar-refractivity contribution in [2.75, 3.05) is 0 Å². The van der Waals surface area contributed by atoms with E-state index in [1.807, 2.05) is 23.2 Å². The van der Waals surface area contributed by atoms with Crippen LogP contribution in [0, 0.1) is 0 Å². The van der Waals surface area contributed by atoms with Crippen LogP contribution in [0.1, 0.15) is 12.0 Å². The van der Waals surface area contributed by atoms with E-state index in [4.69, 9.17) is 12.2 Å². The quantitative estimate of drug-likeness (QED) is 0.513. The summed E-state index contributed by atoms with van der Waals surface area (Å²) in [4.78, 5) is 5.03. The maximum absolute atomic E-state index is 5.52. The largest absolute Gasteiger partial charge is 0.337 e. The Kier molecular flexibility index (Phi) is 4.22. The van der Waals surface area contributed by atoms with Gasteiger partial charge in [0.15, 0.2) is 0 Å². The third-order valence-corrected chi connectivity index (χ3v) is 3.91. The summed E-state index contributed by atoms with van der Waals surface area (Å²) < 4.78 is 2.05. The molecule has 2 nitrogen and oxygen atoms in total. The molecule has 0 amide bonds. The molecule has 21 heavy (non-hydrogen) atoms. The summed E-state index contributed by atoms with van der Waals surface area (Å²) in [6.45, 7) is 0.874. The van der Waals surface area contributed by atoms with E-state index in [-0.39, 0.29) is 0 Å². The van der Waals surface area contributed by atoms with Crippen molar-refractivity contribution in [3.05, 3.63) is 78.9 Å². The highest BCUT2D eigenvalue weighted by atomic mass is 32.1. The van der Waals surface area contributed by atoms with Crippen LogP contribution >= 0.6 is 12.2 Å². The second kappa shape index (κ2) is 6.46. The van der Waals surface area contributed by atoms with Gasteiger partial charge >= 0.3 is 0 Å². The lowest BCUT2D eigenvalue weighted by atomic mass is 10.0. The molecule has 2 aromatic carbocycles. The molecule has 0 radical (unpaired) electrons. The molecule has 104 valence electrons. The van der Waals surface area contributed by atoms with Crippen LogP contribution in [-0.4, -0.2) is 14.4 Å². The molecule has 0 bridgehead atoms. The number of aryl methyl sites for hydroxylation is 1. The van der Waals surface area contributed by atoms with Crippen LogP contribution < -0.4 is 0 Å². The van der Waals surface area contributed by atoms with Crippen LogP contribution in [0.2, 0.25) is 0 Å². The Morgan fingerprint density at radius 2 is 1.67 bits per heavy atom. The second-order valence-electron chi connectivity index (χ2n) is 4.92. The van der Waals surface area contributed by atoms with Gasteiger partial charge in [0.1, 0.15) is 0 Å². The van der Waals surface area contributed by atoms with Crippen molar-refractivity contribution in [1.29, 1.82) is 0 Å². The minimum atomic E-state index is 0.858.